The summed E-state index contributed by atoms with van der Waals surface area (Å²) in [7, 11) is 0. The molecule has 0 atom stereocenters. The van der Waals surface area contributed by atoms with Crippen molar-refractivity contribution >= 4 is 5.69 Å². The summed E-state index contributed by atoms with van der Waals surface area (Å²) < 4.78 is 58.3. The Kier molecular flexibility index (Phi) is 6.57. The molecular formula is C13H17F4NO2. The summed E-state index contributed by atoms with van der Waals surface area (Å²) in [6, 6.07) is 4.42. The molecule has 1 aromatic carbocycles. The highest BCUT2D eigenvalue weighted by Gasteiger charge is 2.27. The molecule has 0 radical (unpaired) electrons. The highest BCUT2D eigenvalue weighted by atomic mass is 19.4. The number of ether oxygens (including phenoxy) is 2. The van der Waals surface area contributed by atoms with Crippen molar-refractivity contribution in [2.45, 2.75) is 19.5 Å². The average Bonchev–Trinajstić information content (AvgIpc) is 2.35. The molecule has 3 nitrogen and oxygen atoms in total. The van der Waals surface area contributed by atoms with Crippen molar-refractivity contribution in [3.8, 4) is 5.75 Å². The maximum Gasteiger partial charge on any atom is 0.411 e. The number of hydrogen-bond donors (Lipinski definition) is 1. The zero-order valence-electron chi connectivity index (χ0n) is 11.1. The maximum atomic E-state index is 13.5. The molecule has 20 heavy (non-hydrogen) atoms. The van der Waals surface area contributed by atoms with Crippen LogP contribution >= 0.6 is 0 Å². The molecule has 0 aliphatic carbocycles. The van der Waals surface area contributed by atoms with Crippen LogP contribution in [0.1, 0.15) is 13.3 Å². The minimum absolute atomic E-state index is 0.00792. The lowest BCUT2D eigenvalue weighted by molar-refractivity contribution is -0.173. The van der Waals surface area contributed by atoms with Gasteiger partial charge in [0, 0.05) is 24.9 Å². The van der Waals surface area contributed by atoms with Crippen LogP contribution in [-0.4, -0.2) is 32.5 Å². The van der Waals surface area contributed by atoms with Gasteiger partial charge in [-0.25, -0.2) is 4.39 Å². The molecule has 0 fully saturated rings. The smallest absolute Gasteiger partial charge is 0.411 e. The molecule has 0 bridgehead atoms. The Morgan fingerprint density at radius 3 is 2.60 bits per heavy atom. The lowest BCUT2D eigenvalue weighted by Crippen LogP contribution is -2.18. The molecule has 1 N–H and O–H groups in total. The van der Waals surface area contributed by atoms with E-state index in [0.717, 1.165) is 0 Å². The number of halogens is 4. The van der Waals surface area contributed by atoms with Crippen LogP contribution in [0.25, 0.3) is 0 Å². The predicted molar refractivity (Wildman–Crippen MR) is 67.5 cm³/mol. The van der Waals surface area contributed by atoms with Gasteiger partial charge in [0.25, 0.3) is 0 Å². The number of benzene rings is 1. The number of rotatable bonds is 8. The Hall–Kier alpha value is -1.50. The van der Waals surface area contributed by atoms with E-state index in [4.69, 9.17) is 4.74 Å². The molecule has 0 spiro atoms. The molecule has 0 unspecified atom stereocenters. The van der Waals surface area contributed by atoms with Gasteiger partial charge in [-0.2, -0.15) is 13.2 Å². The monoisotopic (exact) mass is 295 g/mol. The van der Waals surface area contributed by atoms with Gasteiger partial charge in [-0.05, 0) is 25.5 Å². The van der Waals surface area contributed by atoms with Crippen LogP contribution < -0.4 is 10.1 Å². The van der Waals surface area contributed by atoms with E-state index in [2.05, 4.69) is 10.1 Å². The van der Waals surface area contributed by atoms with Crippen LogP contribution in [0.15, 0.2) is 18.2 Å². The fourth-order valence-electron chi connectivity index (χ4n) is 1.48. The summed E-state index contributed by atoms with van der Waals surface area (Å²) in [5, 5.41) is 2.90. The Labute approximate surface area is 114 Å². The summed E-state index contributed by atoms with van der Waals surface area (Å²) in [6.45, 7) is 1.27. The summed E-state index contributed by atoms with van der Waals surface area (Å²) in [6.07, 6.45) is -3.91. The fourth-order valence-corrected chi connectivity index (χ4v) is 1.48. The van der Waals surface area contributed by atoms with Crippen molar-refractivity contribution in [3.63, 3.8) is 0 Å². The van der Waals surface area contributed by atoms with E-state index in [-0.39, 0.29) is 12.4 Å². The zero-order valence-corrected chi connectivity index (χ0v) is 11.1. The van der Waals surface area contributed by atoms with Crippen molar-refractivity contribution in [1.82, 2.24) is 0 Å². The topological polar surface area (TPSA) is 30.5 Å². The summed E-state index contributed by atoms with van der Waals surface area (Å²) in [5.41, 5.74) is 0.543. The highest BCUT2D eigenvalue weighted by Crippen LogP contribution is 2.21. The van der Waals surface area contributed by atoms with Crippen LogP contribution in [0.3, 0.4) is 0 Å². The van der Waals surface area contributed by atoms with Crippen molar-refractivity contribution in [2.24, 2.45) is 0 Å². The number of nitrogens with one attached hydrogen (secondary N) is 1. The lowest BCUT2D eigenvalue weighted by Gasteiger charge is -2.10. The summed E-state index contributed by atoms with van der Waals surface area (Å²) in [4.78, 5) is 0. The molecule has 0 saturated carbocycles. The first kappa shape index (κ1) is 16.6. The third kappa shape index (κ3) is 6.60. The second-order valence-corrected chi connectivity index (χ2v) is 4.03. The van der Waals surface area contributed by atoms with Crippen LogP contribution in [0.4, 0.5) is 23.2 Å². The van der Waals surface area contributed by atoms with Gasteiger partial charge in [-0.1, -0.05) is 0 Å². The molecule has 0 amide bonds. The van der Waals surface area contributed by atoms with Crippen molar-refractivity contribution in [2.75, 3.05) is 31.7 Å². The van der Waals surface area contributed by atoms with Crippen LogP contribution in [0.2, 0.25) is 0 Å². The first-order valence-corrected chi connectivity index (χ1v) is 6.23. The fraction of sp³-hybridized carbons (Fsp3) is 0.538. The molecule has 0 aliphatic heterocycles. The van der Waals surface area contributed by atoms with Crippen LogP contribution in [0, 0.1) is 5.82 Å². The third-order valence-corrected chi connectivity index (χ3v) is 2.29. The zero-order chi connectivity index (χ0) is 15.0. The Morgan fingerprint density at radius 1 is 1.25 bits per heavy atom. The van der Waals surface area contributed by atoms with E-state index in [0.29, 0.717) is 25.3 Å². The van der Waals surface area contributed by atoms with Gasteiger partial charge < -0.3 is 14.8 Å². The highest BCUT2D eigenvalue weighted by molar-refractivity contribution is 5.47. The van der Waals surface area contributed by atoms with Gasteiger partial charge in [0.1, 0.15) is 6.61 Å². The lowest BCUT2D eigenvalue weighted by atomic mass is 10.3. The molecule has 7 heteroatoms. The van der Waals surface area contributed by atoms with Crippen LogP contribution in [0.5, 0.6) is 5.75 Å². The van der Waals surface area contributed by atoms with Gasteiger partial charge >= 0.3 is 6.18 Å². The number of anilines is 1. The first-order valence-electron chi connectivity index (χ1n) is 6.23. The normalized spacial score (nSPS) is 11.4. The van der Waals surface area contributed by atoms with Crippen molar-refractivity contribution < 1.29 is 27.0 Å². The maximum absolute atomic E-state index is 13.5. The SMILES string of the molecule is CCOc1ccc(NCCCOCC(F)(F)F)cc1F. The minimum atomic E-state index is -4.30. The standard InChI is InChI=1S/C13H17F4NO2/c1-2-20-12-5-4-10(8-11(12)14)18-6-3-7-19-9-13(15,16)17/h4-5,8,18H,2-3,6-7,9H2,1H3. The molecule has 0 aliphatic rings. The van der Waals surface area contributed by atoms with Crippen molar-refractivity contribution in [3.05, 3.63) is 24.0 Å². The molecule has 0 heterocycles. The molecule has 0 aromatic heterocycles. The second-order valence-electron chi connectivity index (χ2n) is 4.03. The van der Waals surface area contributed by atoms with E-state index in [9.17, 15) is 17.6 Å². The quantitative estimate of drug-likeness (QED) is 0.587. The summed E-state index contributed by atoms with van der Waals surface area (Å²) in [5.74, 6) is -0.309. The molecule has 0 saturated heterocycles. The first-order chi connectivity index (χ1) is 9.42. The molecule has 1 rings (SSSR count). The van der Waals surface area contributed by atoms with Gasteiger partial charge in [0.05, 0.1) is 6.61 Å². The van der Waals surface area contributed by atoms with E-state index in [1.54, 1.807) is 13.0 Å². The number of hydrogen-bond acceptors (Lipinski definition) is 3. The van der Waals surface area contributed by atoms with E-state index >= 15 is 0 Å². The Balaban J connectivity index is 2.24. The Bertz CT molecular complexity index is 410. The summed E-state index contributed by atoms with van der Waals surface area (Å²) >= 11 is 0. The molecule has 114 valence electrons. The molecular weight excluding hydrogens is 278 g/mol. The van der Waals surface area contributed by atoms with Gasteiger partial charge in [-0.3, -0.25) is 0 Å². The van der Waals surface area contributed by atoms with E-state index in [1.807, 2.05) is 0 Å². The van der Waals surface area contributed by atoms with Gasteiger partial charge in [0.15, 0.2) is 11.6 Å². The average molecular weight is 295 g/mol. The molecule has 1 aromatic rings. The second kappa shape index (κ2) is 7.94. The third-order valence-electron chi connectivity index (χ3n) is 2.29. The van der Waals surface area contributed by atoms with Gasteiger partial charge in [-0.15, -0.1) is 0 Å². The van der Waals surface area contributed by atoms with Crippen molar-refractivity contribution in [1.29, 1.82) is 0 Å². The van der Waals surface area contributed by atoms with E-state index < -0.39 is 18.6 Å². The predicted octanol–water partition coefficient (Wildman–Crippen LogP) is 3.61. The van der Waals surface area contributed by atoms with E-state index in [1.165, 1.54) is 12.1 Å². The largest absolute Gasteiger partial charge is 0.491 e. The van der Waals surface area contributed by atoms with Crippen LogP contribution in [-0.2, 0) is 4.74 Å². The Morgan fingerprint density at radius 2 is 2.00 bits per heavy atom. The number of alkyl halides is 3. The minimum Gasteiger partial charge on any atom is -0.491 e. The van der Waals surface area contributed by atoms with Gasteiger partial charge in [0.2, 0.25) is 0 Å².